The van der Waals surface area contributed by atoms with Crippen LogP contribution in [-0.4, -0.2) is 40.2 Å². The molecule has 174 valence electrons. The fourth-order valence-electron chi connectivity index (χ4n) is 3.04. The Bertz CT molecular complexity index is 1030. The third kappa shape index (κ3) is 7.29. The molecule has 0 fully saturated rings. The smallest absolute Gasteiger partial charge is 0.408 e. The summed E-state index contributed by atoms with van der Waals surface area (Å²) < 4.78 is 5.23. The second kappa shape index (κ2) is 11.4. The number of carbonyl (C=O) groups is 3. The number of hydrogen-bond acceptors (Lipinski definition) is 5. The molecule has 0 aromatic heterocycles. The average molecular weight is 468 g/mol. The van der Waals surface area contributed by atoms with Crippen molar-refractivity contribution in [2.45, 2.75) is 45.4 Å². The van der Waals surface area contributed by atoms with Gasteiger partial charge in [-0.05, 0) is 44.9 Å². The predicted octanol–water partition coefficient (Wildman–Crippen LogP) is 3.92. The second-order valence-electron chi connectivity index (χ2n) is 8.34. The van der Waals surface area contributed by atoms with Crippen molar-refractivity contribution in [2.75, 3.05) is 11.1 Å². The van der Waals surface area contributed by atoms with Crippen LogP contribution in [0.1, 0.15) is 37.9 Å². The van der Waals surface area contributed by atoms with Crippen molar-refractivity contribution in [3.8, 4) is 12.5 Å². The molecule has 8 heteroatoms. The number of ether oxygens (including phenoxy) is 1. The zero-order valence-electron chi connectivity index (χ0n) is 19.2. The fraction of sp³-hybridized carbons (Fsp3) is 0.320. The van der Waals surface area contributed by atoms with Gasteiger partial charge in [0.25, 0.3) is 11.8 Å². The van der Waals surface area contributed by atoms with Crippen LogP contribution < -0.4 is 10.6 Å². The highest BCUT2D eigenvalue weighted by Gasteiger charge is 2.35. The lowest BCUT2D eigenvalue weighted by molar-refractivity contribution is -0.136. The van der Waals surface area contributed by atoms with Gasteiger partial charge in [0, 0.05) is 17.5 Å². The molecule has 0 saturated heterocycles. The van der Waals surface area contributed by atoms with E-state index in [9.17, 15) is 14.4 Å². The van der Waals surface area contributed by atoms with E-state index in [0.717, 1.165) is 10.5 Å². The van der Waals surface area contributed by atoms with Gasteiger partial charge in [0.05, 0.1) is 0 Å². The van der Waals surface area contributed by atoms with Crippen molar-refractivity contribution in [2.24, 2.45) is 0 Å². The fourth-order valence-corrected chi connectivity index (χ4v) is 3.28. The number of thiol groups is 1. The topological polar surface area (TPSA) is 87.7 Å². The number of aryl methyl sites for hydroxylation is 1. The maximum atomic E-state index is 13.4. The van der Waals surface area contributed by atoms with Gasteiger partial charge in [0.2, 0.25) is 0 Å². The van der Waals surface area contributed by atoms with Gasteiger partial charge in [0.15, 0.2) is 0 Å². The summed E-state index contributed by atoms with van der Waals surface area (Å²) in [5.74, 6) is -1.19. The number of rotatable bonds is 7. The second-order valence-corrected chi connectivity index (χ2v) is 8.70. The lowest BCUT2D eigenvalue weighted by Gasteiger charge is -2.30. The Morgan fingerprint density at radius 1 is 1.09 bits per heavy atom. The highest BCUT2D eigenvalue weighted by molar-refractivity contribution is 7.80. The Hall–Kier alpha value is -3.44. The highest BCUT2D eigenvalue weighted by Crippen LogP contribution is 2.24. The van der Waals surface area contributed by atoms with Gasteiger partial charge in [-0.3, -0.25) is 14.5 Å². The SMILES string of the molecule is C#CN(C(=O)C(CS)NC(=O)OC(C)(C)C)C(C(=O)Nc1ccccc1C)c1ccccc1. The number of para-hydroxylation sites is 1. The summed E-state index contributed by atoms with van der Waals surface area (Å²) in [6.45, 7) is 6.98. The molecule has 0 bridgehead atoms. The number of amides is 3. The Morgan fingerprint density at radius 2 is 1.70 bits per heavy atom. The molecule has 2 aromatic carbocycles. The molecule has 0 aliphatic rings. The molecule has 0 aliphatic carbocycles. The van der Waals surface area contributed by atoms with E-state index in [1.54, 1.807) is 63.2 Å². The quantitative estimate of drug-likeness (QED) is 0.327. The molecule has 3 amide bonds. The summed E-state index contributed by atoms with van der Waals surface area (Å²) >= 11 is 4.19. The number of hydrogen-bond donors (Lipinski definition) is 3. The van der Waals surface area contributed by atoms with Gasteiger partial charge in [-0.2, -0.15) is 12.6 Å². The molecule has 33 heavy (non-hydrogen) atoms. The zero-order valence-corrected chi connectivity index (χ0v) is 20.1. The number of carbonyl (C=O) groups excluding carboxylic acids is 3. The minimum absolute atomic E-state index is 0.0445. The van der Waals surface area contributed by atoms with Crippen molar-refractivity contribution in [3.05, 3.63) is 65.7 Å². The van der Waals surface area contributed by atoms with Crippen molar-refractivity contribution >= 4 is 36.2 Å². The number of terminal acetylenes is 1. The van der Waals surface area contributed by atoms with Crippen molar-refractivity contribution in [1.29, 1.82) is 0 Å². The third-order valence-electron chi connectivity index (χ3n) is 4.57. The molecule has 2 rings (SSSR count). The Labute approximate surface area is 200 Å². The number of alkyl carbamates (subject to hydrolysis) is 1. The first-order chi connectivity index (χ1) is 15.6. The first-order valence-corrected chi connectivity index (χ1v) is 11.0. The van der Waals surface area contributed by atoms with E-state index in [1.165, 1.54) is 0 Å². The lowest BCUT2D eigenvalue weighted by atomic mass is 10.0. The van der Waals surface area contributed by atoms with Gasteiger partial charge in [0.1, 0.15) is 17.7 Å². The van der Waals surface area contributed by atoms with Crippen LogP contribution >= 0.6 is 12.6 Å². The standard InChI is InChI=1S/C25H29N3O4S/c1-6-28(23(30)20(16-33)27-24(31)32-25(3,4)5)21(18-13-8-7-9-14-18)22(29)26-19-15-11-10-12-17(19)2/h1,7-15,20-21,33H,16H2,2-5H3,(H,26,29)(H,27,31). The number of anilines is 1. The number of nitrogens with zero attached hydrogens (tertiary/aromatic N) is 1. The van der Waals surface area contributed by atoms with Crippen LogP contribution in [-0.2, 0) is 14.3 Å². The van der Waals surface area contributed by atoms with Crippen LogP contribution in [0.15, 0.2) is 54.6 Å². The summed E-state index contributed by atoms with van der Waals surface area (Å²) in [6.07, 6.45) is 4.92. The number of benzene rings is 2. The van der Waals surface area contributed by atoms with Gasteiger partial charge in [-0.1, -0.05) is 55.0 Å². The molecule has 2 aromatic rings. The molecule has 2 atom stereocenters. The van der Waals surface area contributed by atoms with E-state index in [1.807, 2.05) is 19.1 Å². The van der Waals surface area contributed by atoms with E-state index in [0.29, 0.717) is 11.3 Å². The first-order valence-electron chi connectivity index (χ1n) is 10.4. The Balaban J connectivity index is 2.36. The summed E-state index contributed by atoms with van der Waals surface area (Å²) in [6, 6.07) is 16.1. The predicted molar refractivity (Wildman–Crippen MR) is 132 cm³/mol. The minimum atomic E-state index is -1.13. The summed E-state index contributed by atoms with van der Waals surface area (Å²) in [5.41, 5.74) is 1.23. The van der Waals surface area contributed by atoms with E-state index in [-0.39, 0.29) is 5.75 Å². The number of nitrogens with one attached hydrogen (secondary N) is 2. The molecular weight excluding hydrogens is 438 g/mol. The molecule has 7 nitrogen and oxygen atoms in total. The maximum Gasteiger partial charge on any atom is 0.408 e. The van der Waals surface area contributed by atoms with Crippen LogP contribution in [0.5, 0.6) is 0 Å². The van der Waals surface area contributed by atoms with Crippen LogP contribution in [0.4, 0.5) is 10.5 Å². The van der Waals surface area contributed by atoms with Crippen LogP contribution in [0, 0.1) is 19.4 Å². The Kier molecular flexibility index (Phi) is 8.94. The maximum absolute atomic E-state index is 13.4. The molecule has 2 N–H and O–H groups in total. The van der Waals surface area contributed by atoms with Crippen molar-refractivity contribution in [1.82, 2.24) is 10.2 Å². The summed E-state index contributed by atoms with van der Waals surface area (Å²) in [7, 11) is 0. The van der Waals surface area contributed by atoms with Crippen molar-refractivity contribution in [3.63, 3.8) is 0 Å². The van der Waals surface area contributed by atoms with Crippen LogP contribution in [0.25, 0.3) is 0 Å². The van der Waals surface area contributed by atoms with Crippen LogP contribution in [0.3, 0.4) is 0 Å². The highest BCUT2D eigenvalue weighted by atomic mass is 32.1. The van der Waals surface area contributed by atoms with Gasteiger partial charge >= 0.3 is 6.09 Å². The Morgan fingerprint density at radius 3 is 2.24 bits per heavy atom. The van der Waals surface area contributed by atoms with Gasteiger partial charge in [-0.25, -0.2) is 4.79 Å². The van der Waals surface area contributed by atoms with E-state index in [4.69, 9.17) is 11.2 Å². The summed E-state index contributed by atoms with van der Waals surface area (Å²) in [4.78, 5) is 39.9. The van der Waals surface area contributed by atoms with E-state index >= 15 is 0 Å². The normalized spacial score (nSPS) is 12.6. The molecule has 0 heterocycles. The minimum Gasteiger partial charge on any atom is -0.444 e. The molecule has 0 spiro atoms. The first kappa shape index (κ1) is 25.8. The average Bonchev–Trinajstić information content (AvgIpc) is 2.76. The van der Waals surface area contributed by atoms with Gasteiger partial charge < -0.3 is 15.4 Å². The zero-order chi connectivity index (χ0) is 24.6. The monoisotopic (exact) mass is 467 g/mol. The molecule has 0 aliphatic heterocycles. The molecule has 0 radical (unpaired) electrons. The largest absolute Gasteiger partial charge is 0.444 e. The van der Waals surface area contributed by atoms with E-state index in [2.05, 4.69) is 29.3 Å². The lowest BCUT2D eigenvalue weighted by Crippen LogP contribution is -2.51. The molecular formula is C25H29N3O4S. The van der Waals surface area contributed by atoms with Crippen molar-refractivity contribution < 1.29 is 19.1 Å². The van der Waals surface area contributed by atoms with E-state index < -0.39 is 35.6 Å². The van der Waals surface area contributed by atoms with Crippen LogP contribution in [0.2, 0.25) is 0 Å². The summed E-state index contributed by atoms with van der Waals surface area (Å²) in [5, 5.41) is 5.33. The third-order valence-corrected chi connectivity index (χ3v) is 4.94. The van der Waals surface area contributed by atoms with Gasteiger partial charge in [-0.15, -0.1) is 0 Å². The molecule has 2 unspecified atom stereocenters. The molecule has 0 saturated carbocycles.